The SMILES string of the molecule is COc1ccc(NC(C)=O)cc1NC(=O)N(Cc1ccccc1)C1CC1. The quantitative estimate of drug-likeness (QED) is 0.829. The normalized spacial score (nSPS) is 13.0. The van der Waals surface area contributed by atoms with Gasteiger partial charge in [0, 0.05) is 25.2 Å². The number of carbonyl (C=O) groups excluding carboxylic acids is 2. The first-order valence-corrected chi connectivity index (χ1v) is 8.64. The lowest BCUT2D eigenvalue weighted by molar-refractivity contribution is -0.114. The number of ether oxygens (including phenoxy) is 1. The van der Waals surface area contributed by atoms with Crippen LogP contribution >= 0.6 is 0 Å². The van der Waals surface area contributed by atoms with E-state index in [1.54, 1.807) is 25.3 Å². The Hall–Kier alpha value is -3.02. The van der Waals surface area contributed by atoms with Crippen LogP contribution in [0.2, 0.25) is 0 Å². The minimum atomic E-state index is -0.172. The van der Waals surface area contributed by atoms with Crippen LogP contribution in [-0.4, -0.2) is 30.0 Å². The van der Waals surface area contributed by atoms with Crippen molar-refractivity contribution >= 4 is 23.3 Å². The third-order valence-corrected chi connectivity index (χ3v) is 4.21. The maximum absolute atomic E-state index is 12.9. The van der Waals surface area contributed by atoms with E-state index in [-0.39, 0.29) is 18.0 Å². The molecule has 136 valence electrons. The molecule has 6 heteroatoms. The fraction of sp³-hybridized carbons (Fsp3) is 0.300. The van der Waals surface area contributed by atoms with Crippen molar-refractivity contribution < 1.29 is 14.3 Å². The third kappa shape index (κ3) is 4.53. The van der Waals surface area contributed by atoms with E-state index in [4.69, 9.17) is 4.74 Å². The summed E-state index contributed by atoms with van der Waals surface area (Å²) >= 11 is 0. The highest BCUT2D eigenvalue weighted by molar-refractivity contribution is 5.94. The van der Waals surface area contributed by atoms with Crippen LogP contribution in [-0.2, 0) is 11.3 Å². The summed E-state index contributed by atoms with van der Waals surface area (Å²) in [6.07, 6.45) is 2.03. The molecule has 1 aliphatic carbocycles. The van der Waals surface area contributed by atoms with Crippen LogP contribution in [0.4, 0.5) is 16.2 Å². The second kappa shape index (κ2) is 7.91. The van der Waals surface area contributed by atoms with Gasteiger partial charge in [-0.25, -0.2) is 4.79 Å². The minimum absolute atomic E-state index is 0.170. The van der Waals surface area contributed by atoms with Crippen molar-refractivity contribution in [1.29, 1.82) is 0 Å². The third-order valence-electron chi connectivity index (χ3n) is 4.21. The van der Waals surface area contributed by atoms with Crippen molar-refractivity contribution in [3.63, 3.8) is 0 Å². The van der Waals surface area contributed by atoms with Gasteiger partial charge in [-0.15, -0.1) is 0 Å². The number of methoxy groups -OCH3 is 1. The number of amides is 3. The highest BCUT2D eigenvalue weighted by Gasteiger charge is 2.33. The van der Waals surface area contributed by atoms with E-state index in [2.05, 4.69) is 10.6 Å². The highest BCUT2D eigenvalue weighted by atomic mass is 16.5. The van der Waals surface area contributed by atoms with Crippen molar-refractivity contribution in [2.24, 2.45) is 0 Å². The topological polar surface area (TPSA) is 70.7 Å². The summed E-state index contributed by atoms with van der Waals surface area (Å²) in [4.78, 5) is 26.0. The first-order chi connectivity index (χ1) is 12.6. The molecule has 0 saturated heterocycles. The van der Waals surface area contributed by atoms with Crippen molar-refractivity contribution in [1.82, 2.24) is 4.90 Å². The Kier molecular flexibility index (Phi) is 5.41. The smallest absolute Gasteiger partial charge is 0.322 e. The largest absolute Gasteiger partial charge is 0.495 e. The van der Waals surface area contributed by atoms with Crippen LogP contribution < -0.4 is 15.4 Å². The van der Waals surface area contributed by atoms with E-state index < -0.39 is 0 Å². The van der Waals surface area contributed by atoms with Gasteiger partial charge >= 0.3 is 6.03 Å². The average Bonchev–Trinajstić information content (AvgIpc) is 3.45. The van der Waals surface area contributed by atoms with E-state index in [9.17, 15) is 9.59 Å². The molecule has 3 rings (SSSR count). The monoisotopic (exact) mass is 353 g/mol. The lowest BCUT2D eigenvalue weighted by atomic mass is 10.2. The molecule has 0 unspecified atom stereocenters. The molecule has 6 nitrogen and oxygen atoms in total. The second-order valence-corrected chi connectivity index (χ2v) is 6.37. The Morgan fingerprint density at radius 2 is 1.85 bits per heavy atom. The maximum Gasteiger partial charge on any atom is 0.322 e. The highest BCUT2D eigenvalue weighted by Crippen LogP contribution is 2.32. The lowest BCUT2D eigenvalue weighted by Gasteiger charge is -2.24. The predicted molar refractivity (Wildman–Crippen MR) is 101 cm³/mol. The molecule has 2 aromatic rings. The van der Waals surface area contributed by atoms with Crippen LogP contribution in [0.25, 0.3) is 0 Å². The van der Waals surface area contributed by atoms with Crippen molar-refractivity contribution in [2.75, 3.05) is 17.7 Å². The number of hydrogen-bond acceptors (Lipinski definition) is 3. The van der Waals surface area contributed by atoms with Crippen molar-refractivity contribution in [2.45, 2.75) is 32.4 Å². The first kappa shape index (κ1) is 17.8. The number of carbonyl (C=O) groups is 2. The van der Waals surface area contributed by atoms with Gasteiger partial charge in [0.1, 0.15) is 5.75 Å². The first-order valence-electron chi connectivity index (χ1n) is 8.64. The molecule has 2 aromatic carbocycles. The molecule has 0 aromatic heterocycles. The van der Waals surface area contributed by atoms with E-state index in [1.807, 2.05) is 35.2 Å². The van der Waals surface area contributed by atoms with E-state index in [0.29, 0.717) is 23.7 Å². The van der Waals surface area contributed by atoms with E-state index >= 15 is 0 Å². The summed E-state index contributed by atoms with van der Waals surface area (Å²) in [5.41, 5.74) is 2.23. The molecule has 1 aliphatic rings. The van der Waals surface area contributed by atoms with Crippen LogP contribution in [0.3, 0.4) is 0 Å². The van der Waals surface area contributed by atoms with Gasteiger partial charge in [-0.05, 0) is 36.6 Å². The lowest BCUT2D eigenvalue weighted by Crippen LogP contribution is -2.36. The van der Waals surface area contributed by atoms with Gasteiger partial charge in [-0.3, -0.25) is 4.79 Å². The summed E-state index contributed by atoms with van der Waals surface area (Å²) in [5.74, 6) is 0.374. The number of nitrogens with one attached hydrogen (secondary N) is 2. The number of anilines is 2. The Balaban J connectivity index is 1.77. The van der Waals surface area contributed by atoms with Gasteiger partial charge < -0.3 is 20.3 Å². The molecule has 0 heterocycles. The van der Waals surface area contributed by atoms with Crippen molar-refractivity contribution in [3.8, 4) is 5.75 Å². The molecule has 0 radical (unpaired) electrons. The zero-order valence-electron chi connectivity index (χ0n) is 15.0. The zero-order chi connectivity index (χ0) is 18.5. The van der Waals surface area contributed by atoms with E-state index in [1.165, 1.54) is 6.92 Å². The van der Waals surface area contributed by atoms with Crippen molar-refractivity contribution in [3.05, 3.63) is 54.1 Å². The molecule has 26 heavy (non-hydrogen) atoms. The van der Waals surface area contributed by atoms with Gasteiger partial charge in [-0.1, -0.05) is 30.3 Å². The summed E-state index contributed by atoms with van der Waals surface area (Å²) in [5, 5.41) is 5.64. The second-order valence-electron chi connectivity index (χ2n) is 6.37. The number of nitrogens with zero attached hydrogens (tertiary/aromatic N) is 1. The zero-order valence-corrected chi connectivity index (χ0v) is 15.0. The van der Waals surface area contributed by atoms with Gasteiger partial charge in [0.15, 0.2) is 0 Å². The molecule has 2 N–H and O–H groups in total. The number of urea groups is 1. The molecule has 0 atom stereocenters. The molecule has 0 spiro atoms. The number of rotatable bonds is 6. The van der Waals surface area contributed by atoms with Gasteiger partial charge in [-0.2, -0.15) is 0 Å². The van der Waals surface area contributed by atoms with Crippen LogP contribution in [0.5, 0.6) is 5.75 Å². The summed E-state index contributed by atoms with van der Waals surface area (Å²) in [6.45, 7) is 2.00. The fourth-order valence-corrected chi connectivity index (χ4v) is 2.81. The molecule has 3 amide bonds. The minimum Gasteiger partial charge on any atom is -0.495 e. The Labute approximate surface area is 153 Å². The maximum atomic E-state index is 12.9. The molecular formula is C20H23N3O3. The summed E-state index contributed by atoms with van der Waals surface area (Å²) in [6, 6.07) is 15.2. The van der Waals surface area contributed by atoms with E-state index in [0.717, 1.165) is 18.4 Å². The van der Waals surface area contributed by atoms with Gasteiger partial charge in [0.05, 0.1) is 12.8 Å². The fourth-order valence-electron chi connectivity index (χ4n) is 2.81. The standard InChI is InChI=1S/C20H23N3O3/c1-14(24)21-16-8-11-19(26-2)18(12-16)22-20(25)23(17-9-10-17)13-15-6-4-3-5-7-15/h3-8,11-12,17H,9-10,13H2,1-2H3,(H,21,24)(H,22,25). The Morgan fingerprint density at radius 1 is 1.12 bits per heavy atom. The van der Waals surface area contributed by atoms with Crippen LogP contribution in [0, 0.1) is 0 Å². The Bertz CT molecular complexity index is 788. The molecule has 0 bridgehead atoms. The van der Waals surface area contributed by atoms with Crippen LogP contribution in [0.15, 0.2) is 48.5 Å². The van der Waals surface area contributed by atoms with Gasteiger partial charge in [0.25, 0.3) is 0 Å². The molecule has 0 aliphatic heterocycles. The molecular weight excluding hydrogens is 330 g/mol. The number of benzene rings is 2. The summed E-state index contributed by atoms with van der Waals surface area (Å²) < 4.78 is 5.33. The number of hydrogen-bond donors (Lipinski definition) is 2. The van der Waals surface area contributed by atoms with Gasteiger partial charge in [0.2, 0.25) is 5.91 Å². The van der Waals surface area contributed by atoms with Crippen LogP contribution in [0.1, 0.15) is 25.3 Å². The molecule has 1 fully saturated rings. The summed E-state index contributed by atoms with van der Waals surface area (Å²) in [7, 11) is 1.55. The average molecular weight is 353 g/mol. The molecule has 1 saturated carbocycles. The Morgan fingerprint density at radius 3 is 2.46 bits per heavy atom. The predicted octanol–water partition coefficient (Wildman–Crippen LogP) is 3.85.